The molecule has 4 aromatic rings. The van der Waals surface area contributed by atoms with E-state index in [1.165, 1.54) is 5.56 Å². The average Bonchev–Trinajstić information content (AvgIpc) is 3.02. The first-order valence-corrected chi connectivity index (χ1v) is 8.11. The lowest BCUT2D eigenvalue weighted by atomic mass is 10.1. The Labute approximate surface area is 145 Å². The fourth-order valence-corrected chi connectivity index (χ4v) is 2.87. The van der Waals surface area contributed by atoms with Gasteiger partial charge in [-0.25, -0.2) is 15.0 Å². The van der Waals surface area contributed by atoms with Crippen LogP contribution in [0.3, 0.4) is 0 Å². The van der Waals surface area contributed by atoms with E-state index < -0.39 is 0 Å². The number of aromatic nitrogens is 5. The molecule has 4 rings (SSSR count). The van der Waals surface area contributed by atoms with E-state index in [0.29, 0.717) is 24.5 Å². The number of nitrogen functional groups attached to an aromatic ring is 1. The van der Waals surface area contributed by atoms with Gasteiger partial charge in [0.25, 0.3) is 0 Å². The molecule has 0 bridgehead atoms. The number of hydrogen-bond acceptors (Lipinski definition) is 5. The predicted octanol–water partition coefficient (Wildman–Crippen LogP) is 2.59. The van der Waals surface area contributed by atoms with Crippen LogP contribution in [0.15, 0.2) is 55.1 Å². The van der Waals surface area contributed by atoms with Crippen molar-refractivity contribution in [2.75, 3.05) is 5.73 Å². The molecule has 0 unspecified atom stereocenters. The van der Waals surface area contributed by atoms with Gasteiger partial charge in [-0.1, -0.05) is 0 Å². The van der Waals surface area contributed by atoms with Gasteiger partial charge >= 0.3 is 0 Å². The molecule has 2 N–H and O–H groups in total. The highest BCUT2D eigenvalue weighted by atomic mass is 15.0. The molecule has 0 saturated carbocycles. The van der Waals surface area contributed by atoms with E-state index in [-0.39, 0.29) is 0 Å². The molecule has 0 aliphatic rings. The summed E-state index contributed by atoms with van der Waals surface area (Å²) in [4.78, 5) is 17.7. The van der Waals surface area contributed by atoms with Crippen LogP contribution < -0.4 is 5.73 Å². The van der Waals surface area contributed by atoms with E-state index in [4.69, 9.17) is 5.73 Å². The summed E-state index contributed by atoms with van der Waals surface area (Å²) < 4.78 is 1.98. The number of pyridine rings is 2. The molecular formula is C19H18N6. The Kier molecular flexibility index (Phi) is 3.85. The summed E-state index contributed by atoms with van der Waals surface area (Å²) in [6.07, 6.45) is 8.77. The van der Waals surface area contributed by atoms with Crippen molar-refractivity contribution in [1.82, 2.24) is 24.3 Å². The molecule has 25 heavy (non-hydrogen) atoms. The summed E-state index contributed by atoms with van der Waals surface area (Å²) in [6.45, 7) is 2.04. The lowest BCUT2D eigenvalue weighted by Gasteiger charge is -2.07. The SMILES string of the molecule is Cc1ccnc(Cc2nc(N)cc(Cc3ccn4ccnc4c3)n2)c1. The molecule has 0 aliphatic carbocycles. The van der Waals surface area contributed by atoms with Crippen molar-refractivity contribution in [3.8, 4) is 0 Å². The zero-order valence-corrected chi connectivity index (χ0v) is 13.9. The molecule has 6 nitrogen and oxygen atoms in total. The molecular weight excluding hydrogens is 312 g/mol. The van der Waals surface area contributed by atoms with Crippen molar-refractivity contribution in [1.29, 1.82) is 0 Å². The van der Waals surface area contributed by atoms with Gasteiger partial charge < -0.3 is 10.1 Å². The van der Waals surface area contributed by atoms with Crippen LogP contribution >= 0.6 is 0 Å². The largest absolute Gasteiger partial charge is 0.384 e. The molecule has 4 heterocycles. The summed E-state index contributed by atoms with van der Waals surface area (Å²) in [5.74, 6) is 1.17. The molecule has 0 amide bonds. The lowest BCUT2D eigenvalue weighted by molar-refractivity contribution is 0.900. The van der Waals surface area contributed by atoms with Gasteiger partial charge in [-0.15, -0.1) is 0 Å². The van der Waals surface area contributed by atoms with E-state index in [0.717, 1.165) is 22.6 Å². The summed E-state index contributed by atoms with van der Waals surface area (Å²) >= 11 is 0. The van der Waals surface area contributed by atoms with Gasteiger partial charge in [0.05, 0.1) is 12.1 Å². The van der Waals surface area contributed by atoms with Crippen LogP contribution in [0.1, 0.15) is 28.3 Å². The van der Waals surface area contributed by atoms with Crippen molar-refractivity contribution >= 4 is 11.5 Å². The number of fused-ring (bicyclic) bond motifs is 1. The minimum absolute atomic E-state index is 0.481. The van der Waals surface area contributed by atoms with E-state index in [9.17, 15) is 0 Å². The van der Waals surface area contributed by atoms with E-state index >= 15 is 0 Å². The highest BCUT2D eigenvalue weighted by Crippen LogP contribution is 2.14. The third-order valence-corrected chi connectivity index (χ3v) is 4.00. The molecule has 0 spiro atoms. The molecule has 6 heteroatoms. The zero-order chi connectivity index (χ0) is 17.2. The van der Waals surface area contributed by atoms with Gasteiger partial charge in [0, 0.05) is 43.0 Å². The molecule has 0 saturated heterocycles. The van der Waals surface area contributed by atoms with Gasteiger partial charge in [-0.05, 0) is 42.3 Å². The number of hydrogen-bond donors (Lipinski definition) is 1. The van der Waals surface area contributed by atoms with E-state index in [1.54, 1.807) is 12.4 Å². The van der Waals surface area contributed by atoms with Gasteiger partial charge in [0.2, 0.25) is 0 Å². The minimum Gasteiger partial charge on any atom is -0.384 e. The molecule has 0 fully saturated rings. The Hall–Kier alpha value is -3.28. The first-order valence-electron chi connectivity index (χ1n) is 8.11. The van der Waals surface area contributed by atoms with Crippen molar-refractivity contribution in [2.24, 2.45) is 0 Å². The average molecular weight is 330 g/mol. The van der Waals surface area contributed by atoms with Crippen molar-refractivity contribution in [3.05, 3.63) is 83.5 Å². The number of imidazole rings is 1. The second-order valence-electron chi connectivity index (χ2n) is 6.11. The summed E-state index contributed by atoms with van der Waals surface area (Å²) in [7, 11) is 0. The topological polar surface area (TPSA) is 82.0 Å². The molecule has 0 radical (unpaired) electrons. The van der Waals surface area contributed by atoms with Crippen molar-refractivity contribution in [2.45, 2.75) is 19.8 Å². The fraction of sp³-hybridized carbons (Fsp3) is 0.158. The highest BCUT2D eigenvalue weighted by molar-refractivity contribution is 5.43. The minimum atomic E-state index is 0.481. The summed E-state index contributed by atoms with van der Waals surface area (Å²) in [6, 6.07) is 9.96. The van der Waals surface area contributed by atoms with E-state index in [2.05, 4.69) is 32.1 Å². The second kappa shape index (κ2) is 6.32. The number of nitrogens with two attached hydrogens (primary N) is 1. The quantitative estimate of drug-likeness (QED) is 0.622. The number of rotatable bonds is 4. The third-order valence-electron chi connectivity index (χ3n) is 4.00. The highest BCUT2D eigenvalue weighted by Gasteiger charge is 2.07. The Morgan fingerprint density at radius 3 is 2.72 bits per heavy atom. The Bertz CT molecular complexity index is 1040. The molecule has 124 valence electrons. The first-order chi connectivity index (χ1) is 12.2. The van der Waals surface area contributed by atoms with Crippen molar-refractivity contribution in [3.63, 3.8) is 0 Å². The maximum atomic E-state index is 5.98. The van der Waals surface area contributed by atoms with Crippen LogP contribution in [0.2, 0.25) is 0 Å². The smallest absolute Gasteiger partial charge is 0.136 e. The maximum absolute atomic E-state index is 5.98. The normalized spacial score (nSPS) is 11.1. The van der Waals surface area contributed by atoms with E-state index in [1.807, 2.05) is 41.9 Å². The summed E-state index contributed by atoms with van der Waals surface area (Å²) in [5, 5.41) is 0. The molecule has 4 aromatic heterocycles. The van der Waals surface area contributed by atoms with Gasteiger partial charge in [-0.2, -0.15) is 0 Å². The summed E-state index contributed by atoms with van der Waals surface area (Å²) in [5.41, 5.74) is 11.0. The van der Waals surface area contributed by atoms with Crippen LogP contribution in [-0.4, -0.2) is 24.3 Å². The first kappa shape index (κ1) is 15.3. The van der Waals surface area contributed by atoms with Gasteiger partial charge in [-0.3, -0.25) is 4.98 Å². The fourth-order valence-electron chi connectivity index (χ4n) is 2.87. The lowest BCUT2D eigenvalue weighted by Crippen LogP contribution is -2.06. The van der Waals surface area contributed by atoms with Crippen LogP contribution in [0.25, 0.3) is 5.65 Å². The number of anilines is 1. The van der Waals surface area contributed by atoms with Crippen molar-refractivity contribution < 1.29 is 0 Å². The predicted molar refractivity (Wildman–Crippen MR) is 96.2 cm³/mol. The van der Waals surface area contributed by atoms with Gasteiger partial charge in [0.1, 0.15) is 17.3 Å². The third kappa shape index (κ3) is 3.47. The molecule has 0 aromatic carbocycles. The zero-order valence-electron chi connectivity index (χ0n) is 13.9. The number of aryl methyl sites for hydroxylation is 1. The second-order valence-corrected chi connectivity index (χ2v) is 6.11. The van der Waals surface area contributed by atoms with Crippen LogP contribution in [0, 0.1) is 6.92 Å². The van der Waals surface area contributed by atoms with Gasteiger partial charge in [0.15, 0.2) is 0 Å². The standard InChI is InChI=1S/C19H18N6/c1-13-2-4-21-15(8-13)12-18-23-16(11-17(20)24-18)9-14-3-6-25-7-5-22-19(25)10-14/h2-8,10-11H,9,12H2,1H3,(H2,20,23,24). The Morgan fingerprint density at radius 2 is 1.84 bits per heavy atom. The Balaban J connectivity index is 1.60. The monoisotopic (exact) mass is 330 g/mol. The molecule has 0 aliphatic heterocycles. The van der Waals surface area contributed by atoms with Crippen LogP contribution in [-0.2, 0) is 12.8 Å². The Morgan fingerprint density at radius 1 is 0.920 bits per heavy atom. The van der Waals surface area contributed by atoms with Crippen LogP contribution in [0.5, 0.6) is 0 Å². The maximum Gasteiger partial charge on any atom is 0.136 e. The number of nitrogens with zero attached hydrogens (tertiary/aromatic N) is 5. The molecule has 0 atom stereocenters. The van der Waals surface area contributed by atoms with Crippen LogP contribution in [0.4, 0.5) is 5.82 Å².